The van der Waals surface area contributed by atoms with E-state index in [1.165, 1.54) is 16.4 Å². The molecular weight excluding hydrogens is 424 g/mol. The van der Waals surface area contributed by atoms with Crippen molar-refractivity contribution in [1.29, 1.82) is 0 Å². The Kier molecular flexibility index (Phi) is 7.46. The van der Waals surface area contributed by atoms with E-state index in [4.69, 9.17) is 11.6 Å². The van der Waals surface area contributed by atoms with Gasteiger partial charge in [0.25, 0.3) is 5.91 Å². The molecule has 0 saturated carbocycles. The van der Waals surface area contributed by atoms with Crippen molar-refractivity contribution in [2.45, 2.75) is 25.3 Å². The Hall–Kier alpha value is -2.00. The first-order valence-corrected chi connectivity index (χ1v) is 11.9. The maximum Gasteiger partial charge on any atom is 0.253 e. The molecule has 1 aliphatic heterocycles. The van der Waals surface area contributed by atoms with Crippen molar-refractivity contribution >= 4 is 27.5 Å². The van der Waals surface area contributed by atoms with E-state index in [1.54, 1.807) is 31.0 Å². The Morgan fingerprint density at radius 3 is 2.43 bits per heavy atom. The van der Waals surface area contributed by atoms with Gasteiger partial charge in [-0.25, -0.2) is 8.42 Å². The van der Waals surface area contributed by atoms with Gasteiger partial charge in [-0.15, -0.1) is 0 Å². The largest absolute Gasteiger partial charge is 0.336 e. The number of pyridine rings is 1. The molecule has 0 N–H and O–H groups in total. The molecule has 0 spiro atoms. The van der Waals surface area contributed by atoms with E-state index in [0.717, 1.165) is 25.2 Å². The molecule has 9 heteroatoms. The van der Waals surface area contributed by atoms with Crippen LogP contribution in [0.25, 0.3) is 0 Å². The summed E-state index contributed by atoms with van der Waals surface area (Å²) in [6, 6.07) is 8.44. The number of hydrogen-bond acceptors (Lipinski definition) is 5. The predicted octanol–water partition coefficient (Wildman–Crippen LogP) is 2.72. The fraction of sp³-hybridized carbons (Fsp3) is 0.429. The van der Waals surface area contributed by atoms with Gasteiger partial charge >= 0.3 is 0 Å². The van der Waals surface area contributed by atoms with Crippen LogP contribution in [0.3, 0.4) is 0 Å². The number of benzene rings is 1. The van der Waals surface area contributed by atoms with Crippen molar-refractivity contribution in [3.05, 3.63) is 58.9 Å². The number of carbonyl (C=O) groups excluding carboxylic acids is 1. The number of halogens is 1. The molecule has 2 aromatic rings. The monoisotopic (exact) mass is 450 g/mol. The number of aromatic nitrogens is 1. The number of piperazine rings is 1. The fourth-order valence-electron chi connectivity index (χ4n) is 3.58. The van der Waals surface area contributed by atoms with E-state index in [1.807, 2.05) is 18.3 Å². The Balaban J connectivity index is 1.71. The summed E-state index contributed by atoms with van der Waals surface area (Å²) in [5, 5.41) is 0.125. The second kappa shape index (κ2) is 9.87. The number of sulfonamides is 1. The molecule has 1 aliphatic rings. The minimum Gasteiger partial charge on any atom is -0.336 e. The van der Waals surface area contributed by atoms with Crippen molar-refractivity contribution < 1.29 is 13.2 Å². The van der Waals surface area contributed by atoms with E-state index in [-0.39, 0.29) is 15.8 Å². The molecule has 1 amide bonds. The van der Waals surface area contributed by atoms with Gasteiger partial charge < -0.3 is 4.90 Å². The van der Waals surface area contributed by atoms with E-state index < -0.39 is 10.0 Å². The first-order valence-electron chi connectivity index (χ1n) is 10.1. The molecule has 7 nitrogen and oxygen atoms in total. The van der Waals surface area contributed by atoms with E-state index >= 15 is 0 Å². The van der Waals surface area contributed by atoms with Crippen LogP contribution in [-0.4, -0.2) is 72.7 Å². The lowest BCUT2D eigenvalue weighted by Gasteiger charge is -2.34. The van der Waals surface area contributed by atoms with Crippen molar-refractivity contribution in [2.24, 2.45) is 0 Å². The second-order valence-electron chi connectivity index (χ2n) is 7.16. The highest BCUT2D eigenvalue weighted by molar-refractivity contribution is 7.89. The maximum absolute atomic E-state index is 13.0. The smallest absolute Gasteiger partial charge is 0.253 e. The Morgan fingerprint density at radius 2 is 1.83 bits per heavy atom. The molecule has 1 aromatic heterocycles. The molecular formula is C21H27ClN4O3S. The molecule has 162 valence electrons. The lowest BCUT2D eigenvalue weighted by atomic mass is 10.1. The SMILES string of the molecule is CCN(CC)S(=O)(=O)c1cc(C(=O)N2CCN(Cc3cccnc3)CC2)ccc1Cl. The predicted molar refractivity (Wildman–Crippen MR) is 117 cm³/mol. The van der Waals surface area contributed by atoms with Crippen LogP contribution in [0.2, 0.25) is 5.02 Å². The van der Waals surface area contributed by atoms with E-state index in [0.29, 0.717) is 31.7 Å². The normalized spacial score (nSPS) is 15.5. The summed E-state index contributed by atoms with van der Waals surface area (Å²) < 4.78 is 27.1. The highest BCUT2D eigenvalue weighted by Gasteiger charge is 2.27. The number of hydrogen-bond donors (Lipinski definition) is 0. The van der Waals surface area contributed by atoms with E-state index in [9.17, 15) is 13.2 Å². The summed E-state index contributed by atoms with van der Waals surface area (Å²) >= 11 is 6.18. The zero-order chi connectivity index (χ0) is 21.7. The van der Waals surface area contributed by atoms with Crippen LogP contribution in [0.15, 0.2) is 47.6 Å². The minimum atomic E-state index is -3.75. The average Bonchev–Trinajstić information content (AvgIpc) is 2.75. The van der Waals surface area contributed by atoms with Crippen LogP contribution in [0, 0.1) is 0 Å². The van der Waals surface area contributed by atoms with Crippen molar-refractivity contribution in [3.8, 4) is 0 Å². The van der Waals surface area contributed by atoms with Crippen LogP contribution >= 0.6 is 11.6 Å². The Morgan fingerprint density at radius 1 is 1.13 bits per heavy atom. The lowest BCUT2D eigenvalue weighted by Crippen LogP contribution is -2.48. The van der Waals surface area contributed by atoms with Gasteiger partial charge in [-0.2, -0.15) is 4.31 Å². The van der Waals surface area contributed by atoms with Gasteiger partial charge in [0.05, 0.1) is 5.02 Å². The molecule has 0 atom stereocenters. The Labute approximate surface area is 183 Å². The average molecular weight is 451 g/mol. The summed E-state index contributed by atoms with van der Waals surface area (Å²) in [6.07, 6.45) is 3.60. The van der Waals surface area contributed by atoms with Gasteiger partial charge in [0.2, 0.25) is 10.0 Å². The zero-order valence-corrected chi connectivity index (χ0v) is 18.9. The molecule has 0 aliphatic carbocycles. The summed E-state index contributed by atoms with van der Waals surface area (Å²) in [4.78, 5) is 21.2. The molecule has 0 bridgehead atoms. The molecule has 3 rings (SSSR count). The zero-order valence-electron chi connectivity index (χ0n) is 17.3. The third kappa shape index (κ3) is 5.00. The van der Waals surface area contributed by atoms with Gasteiger partial charge in [-0.1, -0.05) is 31.5 Å². The summed E-state index contributed by atoms with van der Waals surface area (Å²) in [6.45, 7) is 7.68. The topological polar surface area (TPSA) is 73.8 Å². The Bertz CT molecular complexity index is 973. The van der Waals surface area contributed by atoms with Crippen LogP contribution in [-0.2, 0) is 16.6 Å². The lowest BCUT2D eigenvalue weighted by molar-refractivity contribution is 0.0628. The van der Waals surface area contributed by atoms with Crippen molar-refractivity contribution in [2.75, 3.05) is 39.3 Å². The highest BCUT2D eigenvalue weighted by atomic mass is 35.5. The fourth-order valence-corrected chi connectivity index (χ4v) is 5.54. The minimum absolute atomic E-state index is 0.0195. The van der Waals surface area contributed by atoms with Crippen LogP contribution < -0.4 is 0 Å². The summed E-state index contributed by atoms with van der Waals surface area (Å²) in [5.41, 5.74) is 1.48. The molecule has 0 radical (unpaired) electrons. The second-order valence-corrected chi connectivity index (χ2v) is 9.48. The molecule has 1 fully saturated rings. The quantitative estimate of drug-likeness (QED) is 0.648. The van der Waals surface area contributed by atoms with Gasteiger partial charge in [0, 0.05) is 63.8 Å². The number of nitrogens with zero attached hydrogens (tertiary/aromatic N) is 4. The molecule has 0 unspecified atom stereocenters. The third-order valence-corrected chi connectivity index (χ3v) is 7.82. The first-order chi connectivity index (χ1) is 14.4. The number of rotatable bonds is 7. The molecule has 2 heterocycles. The van der Waals surface area contributed by atoms with Gasteiger partial charge in [-0.3, -0.25) is 14.7 Å². The standard InChI is InChI=1S/C21H27ClN4O3S/c1-3-26(4-2)30(28,29)20-14-18(7-8-19(20)22)21(27)25-12-10-24(11-13-25)16-17-6-5-9-23-15-17/h5-9,14-15H,3-4,10-13,16H2,1-2H3. The molecule has 1 aromatic carbocycles. The number of amides is 1. The van der Waals surface area contributed by atoms with E-state index in [2.05, 4.69) is 9.88 Å². The van der Waals surface area contributed by atoms with Gasteiger partial charge in [0.15, 0.2) is 0 Å². The van der Waals surface area contributed by atoms with Crippen molar-refractivity contribution in [3.63, 3.8) is 0 Å². The molecule has 30 heavy (non-hydrogen) atoms. The third-order valence-electron chi connectivity index (χ3n) is 5.29. The van der Waals surface area contributed by atoms with Gasteiger partial charge in [0.1, 0.15) is 4.90 Å². The summed E-state index contributed by atoms with van der Waals surface area (Å²) in [7, 11) is -3.75. The highest BCUT2D eigenvalue weighted by Crippen LogP contribution is 2.26. The number of carbonyl (C=O) groups is 1. The van der Waals surface area contributed by atoms with Gasteiger partial charge in [-0.05, 0) is 29.8 Å². The summed E-state index contributed by atoms with van der Waals surface area (Å²) in [5.74, 6) is -0.177. The van der Waals surface area contributed by atoms with Crippen LogP contribution in [0.1, 0.15) is 29.8 Å². The first kappa shape index (κ1) is 22.7. The molecule has 1 saturated heterocycles. The van der Waals surface area contributed by atoms with Crippen LogP contribution in [0.4, 0.5) is 0 Å². The maximum atomic E-state index is 13.0. The van der Waals surface area contributed by atoms with Crippen LogP contribution in [0.5, 0.6) is 0 Å². The van der Waals surface area contributed by atoms with Crippen molar-refractivity contribution in [1.82, 2.24) is 19.1 Å².